The molecule has 29 heavy (non-hydrogen) atoms. The summed E-state index contributed by atoms with van der Waals surface area (Å²) in [4.78, 5) is 12.3. The summed E-state index contributed by atoms with van der Waals surface area (Å²) >= 11 is 0. The molecule has 0 spiro atoms. The van der Waals surface area contributed by atoms with Gasteiger partial charge in [-0.2, -0.15) is 0 Å². The molecule has 0 unspecified atom stereocenters. The van der Waals surface area contributed by atoms with E-state index in [1.54, 1.807) is 6.07 Å². The fraction of sp³-hybridized carbons (Fsp3) is 0.208. The summed E-state index contributed by atoms with van der Waals surface area (Å²) in [6.07, 6.45) is 0. The van der Waals surface area contributed by atoms with Crippen molar-refractivity contribution in [3.05, 3.63) is 83.9 Å². The molecule has 0 fully saturated rings. The second-order valence-electron chi connectivity index (χ2n) is 6.69. The van der Waals surface area contributed by atoms with Gasteiger partial charge < -0.3 is 20.1 Å². The predicted molar refractivity (Wildman–Crippen MR) is 117 cm³/mol. The quantitative estimate of drug-likeness (QED) is 0.515. The molecule has 150 valence electrons. The van der Waals surface area contributed by atoms with Gasteiger partial charge in [0.05, 0.1) is 6.54 Å². The molecule has 0 saturated carbocycles. The number of anilines is 2. The number of aryl methyl sites for hydroxylation is 1. The number of carbonyl (C=O) groups is 1. The van der Waals surface area contributed by atoms with E-state index in [2.05, 4.69) is 23.6 Å². The highest BCUT2D eigenvalue weighted by molar-refractivity contribution is 5.94. The first-order valence-corrected chi connectivity index (χ1v) is 9.62. The average Bonchev–Trinajstić information content (AvgIpc) is 2.73. The number of hydrogen-bond acceptors (Lipinski definition) is 4. The van der Waals surface area contributed by atoms with Crippen LogP contribution in [0.4, 0.5) is 11.4 Å². The van der Waals surface area contributed by atoms with Gasteiger partial charge in [-0.05, 0) is 55.3 Å². The van der Waals surface area contributed by atoms with Crippen molar-refractivity contribution in [3.8, 4) is 11.5 Å². The van der Waals surface area contributed by atoms with E-state index in [4.69, 9.17) is 9.47 Å². The monoisotopic (exact) mass is 390 g/mol. The Kier molecular flexibility index (Phi) is 7.11. The van der Waals surface area contributed by atoms with Crippen molar-refractivity contribution in [1.82, 2.24) is 0 Å². The van der Waals surface area contributed by atoms with Crippen molar-refractivity contribution in [3.63, 3.8) is 0 Å². The Morgan fingerprint density at radius 1 is 0.828 bits per heavy atom. The average molecular weight is 390 g/mol. The Bertz CT molecular complexity index is 942. The van der Waals surface area contributed by atoms with E-state index < -0.39 is 0 Å². The van der Waals surface area contributed by atoms with Crippen LogP contribution in [0.15, 0.2) is 72.8 Å². The minimum absolute atomic E-state index is 0.115. The van der Waals surface area contributed by atoms with Crippen LogP contribution in [0.2, 0.25) is 0 Å². The largest absolute Gasteiger partial charge is 0.490 e. The molecule has 0 aliphatic rings. The van der Waals surface area contributed by atoms with Crippen LogP contribution in [-0.2, 0) is 4.79 Å². The van der Waals surface area contributed by atoms with E-state index in [0.717, 1.165) is 17.0 Å². The topological polar surface area (TPSA) is 59.6 Å². The summed E-state index contributed by atoms with van der Waals surface area (Å²) in [5.74, 6) is 1.38. The zero-order valence-corrected chi connectivity index (χ0v) is 16.8. The summed E-state index contributed by atoms with van der Waals surface area (Å²) in [6, 6.07) is 23.0. The van der Waals surface area contributed by atoms with Gasteiger partial charge in [-0.25, -0.2) is 0 Å². The van der Waals surface area contributed by atoms with E-state index >= 15 is 0 Å². The number of para-hydroxylation sites is 1. The molecule has 3 aromatic carbocycles. The Labute approximate surface area is 171 Å². The summed E-state index contributed by atoms with van der Waals surface area (Å²) in [5, 5.41) is 6.08. The second-order valence-corrected chi connectivity index (χ2v) is 6.69. The van der Waals surface area contributed by atoms with Crippen LogP contribution in [-0.4, -0.2) is 25.7 Å². The predicted octanol–water partition coefficient (Wildman–Crippen LogP) is 4.81. The second kappa shape index (κ2) is 10.2. The Morgan fingerprint density at radius 2 is 1.52 bits per heavy atom. The van der Waals surface area contributed by atoms with Crippen molar-refractivity contribution in [1.29, 1.82) is 0 Å². The van der Waals surface area contributed by atoms with Gasteiger partial charge in [0.25, 0.3) is 0 Å². The first-order chi connectivity index (χ1) is 14.1. The highest BCUT2D eigenvalue weighted by Gasteiger charge is 2.06. The Morgan fingerprint density at radius 3 is 2.31 bits per heavy atom. The van der Waals surface area contributed by atoms with Crippen LogP contribution in [0.25, 0.3) is 0 Å². The van der Waals surface area contributed by atoms with Gasteiger partial charge >= 0.3 is 0 Å². The van der Waals surface area contributed by atoms with Gasteiger partial charge in [-0.1, -0.05) is 36.4 Å². The van der Waals surface area contributed by atoms with Gasteiger partial charge in [0.1, 0.15) is 24.7 Å². The van der Waals surface area contributed by atoms with Crippen molar-refractivity contribution in [2.45, 2.75) is 13.8 Å². The standard InChI is InChI=1S/C24H26N2O3/c1-18-8-6-13-23(19(18)2)25-17-24(27)26-20-9-7-12-22(16-20)29-15-14-28-21-10-4-3-5-11-21/h3-13,16,25H,14-15,17H2,1-2H3,(H,26,27). The molecule has 0 aromatic heterocycles. The minimum atomic E-state index is -0.115. The lowest BCUT2D eigenvalue weighted by Gasteiger charge is -2.12. The van der Waals surface area contributed by atoms with E-state index in [0.29, 0.717) is 24.7 Å². The van der Waals surface area contributed by atoms with Crippen LogP contribution >= 0.6 is 0 Å². The number of benzene rings is 3. The SMILES string of the molecule is Cc1cccc(NCC(=O)Nc2cccc(OCCOc3ccccc3)c2)c1C. The molecular formula is C24H26N2O3. The van der Waals surface area contributed by atoms with Crippen LogP contribution < -0.4 is 20.1 Å². The molecule has 0 bridgehead atoms. The van der Waals surface area contributed by atoms with Crippen LogP contribution in [0.1, 0.15) is 11.1 Å². The summed E-state index contributed by atoms with van der Waals surface area (Å²) in [6.45, 7) is 5.15. The van der Waals surface area contributed by atoms with Gasteiger partial charge in [-0.3, -0.25) is 4.79 Å². The number of nitrogens with one attached hydrogen (secondary N) is 2. The third-order valence-corrected chi connectivity index (χ3v) is 4.53. The van der Waals surface area contributed by atoms with Crippen molar-refractivity contribution in [2.75, 3.05) is 30.4 Å². The zero-order chi connectivity index (χ0) is 20.5. The summed E-state index contributed by atoms with van der Waals surface area (Å²) in [7, 11) is 0. The van der Waals surface area contributed by atoms with Crippen molar-refractivity contribution in [2.24, 2.45) is 0 Å². The molecule has 3 aromatic rings. The molecule has 5 nitrogen and oxygen atoms in total. The van der Waals surface area contributed by atoms with Crippen molar-refractivity contribution >= 4 is 17.3 Å². The molecule has 0 radical (unpaired) electrons. The van der Waals surface area contributed by atoms with Crippen LogP contribution in [0.3, 0.4) is 0 Å². The van der Waals surface area contributed by atoms with Gasteiger partial charge in [0.15, 0.2) is 0 Å². The van der Waals surface area contributed by atoms with Crippen molar-refractivity contribution < 1.29 is 14.3 Å². The molecule has 1 amide bonds. The Hall–Kier alpha value is -3.47. The van der Waals surface area contributed by atoms with Gasteiger partial charge in [0, 0.05) is 17.4 Å². The maximum absolute atomic E-state index is 12.3. The highest BCUT2D eigenvalue weighted by atomic mass is 16.5. The lowest BCUT2D eigenvalue weighted by molar-refractivity contribution is -0.114. The molecule has 0 atom stereocenters. The molecule has 0 saturated heterocycles. The summed E-state index contributed by atoms with van der Waals surface area (Å²) in [5.41, 5.74) is 4.00. The number of carbonyl (C=O) groups excluding carboxylic acids is 1. The lowest BCUT2D eigenvalue weighted by atomic mass is 10.1. The first-order valence-electron chi connectivity index (χ1n) is 9.62. The zero-order valence-electron chi connectivity index (χ0n) is 16.8. The van der Waals surface area contributed by atoms with Crippen LogP contribution in [0, 0.1) is 13.8 Å². The molecule has 0 heterocycles. The van der Waals surface area contributed by atoms with E-state index in [9.17, 15) is 4.79 Å². The smallest absolute Gasteiger partial charge is 0.243 e. The first kappa shape index (κ1) is 20.3. The third kappa shape index (κ3) is 6.28. The molecule has 0 aliphatic carbocycles. The van der Waals surface area contributed by atoms with E-state index in [1.807, 2.05) is 67.6 Å². The fourth-order valence-corrected chi connectivity index (χ4v) is 2.82. The number of ether oxygens (including phenoxy) is 2. The Balaban J connectivity index is 1.45. The van der Waals surface area contributed by atoms with Crippen LogP contribution in [0.5, 0.6) is 11.5 Å². The highest BCUT2D eigenvalue weighted by Crippen LogP contribution is 2.19. The minimum Gasteiger partial charge on any atom is -0.490 e. The number of rotatable bonds is 9. The molecular weight excluding hydrogens is 364 g/mol. The lowest BCUT2D eigenvalue weighted by Crippen LogP contribution is -2.22. The normalized spacial score (nSPS) is 10.3. The maximum atomic E-state index is 12.3. The van der Waals surface area contributed by atoms with E-state index in [-0.39, 0.29) is 12.5 Å². The maximum Gasteiger partial charge on any atom is 0.243 e. The van der Waals surface area contributed by atoms with E-state index in [1.165, 1.54) is 5.56 Å². The summed E-state index contributed by atoms with van der Waals surface area (Å²) < 4.78 is 11.3. The molecule has 0 aliphatic heterocycles. The fourth-order valence-electron chi connectivity index (χ4n) is 2.82. The molecule has 2 N–H and O–H groups in total. The third-order valence-electron chi connectivity index (χ3n) is 4.53. The van der Waals surface area contributed by atoms with Gasteiger partial charge in [0.2, 0.25) is 5.91 Å². The number of amides is 1. The number of hydrogen-bond donors (Lipinski definition) is 2. The van der Waals surface area contributed by atoms with Gasteiger partial charge in [-0.15, -0.1) is 0 Å². The molecule has 5 heteroatoms. The molecule has 3 rings (SSSR count).